The Kier molecular flexibility index (Phi) is 14.5. The summed E-state index contributed by atoms with van der Waals surface area (Å²) in [4.78, 5) is 85.0. The Labute approximate surface area is 228 Å². The van der Waals surface area contributed by atoms with Crippen LogP contribution < -0.4 is 27.0 Å². The van der Waals surface area contributed by atoms with E-state index in [1.165, 1.54) is 12.7 Å². The average molecular weight is 554 g/mol. The highest BCUT2D eigenvalue weighted by molar-refractivity contribution is 7.81. The van der Waals surface area contributed by atoms with Crippen LogP contribution in [-0.4, -0.2) is 91.0 Å². The Balaban J connectivity index is 2.58. The minimum Gasteiger partial charge on any atom is -0.352 e. The molecule has 6 N–H and O–H groups in total. The van der Waals surface area contributed by atoms with Crippen LogP contribution in [0.1, 0.15) is 58.8 Å². The van der Waals surface area contributed by atoms with Crippen LogP contribution in [0.5, 0.6) is 0 Å². The largest absolute Gasteiger partial charge is 0.352 e. The average Bonchev–Trinajstić information content (AvgIpc) is 3.07. The van der Waals surface area contributed by atoms with Crippen molar-refractivity contribution in [1.29, 1.82) is 0 Å². The standard InChI is InChI=1S/C23H39BN6O7S/c1-13(2)19(29-17(32)8-4-3-5-10-30-18(33)11-15(38)22(30)36)21(35)28-14(7-6-9-26-23(25)37)20(34)27-12-16(24)31/h13-15,19,38H,3-12,24H2,1-2H3,(H,27,34)(H,28,35)(H,29,32)(H3,25,26,37)/t14-,15?,19?/m0/s1. The summed E-state index contributed by atoms with van der Waals surface area (Å²) in [7, 11) is 1.32. The molecule has 0 saturated carbocycles. The highest BCUT2D eigenvalue weighted by Gasteiger charge is 2.35. The first-order valence-corrected chi connectivity index (χ1v) is 13.3. The lowest BCUT2D eigenvalue weighted by Gasteiger charge is -2.25. The van der Waals surface area contributed by atoms with E-state index in [0.29, 0.717) is 25.7 Å². The molecule has 15 heteroatoms. The van der Waals surface area contributed by atoms with Crippen molar-refractivity contribution in [3.8, 4) is 0 Å². The number of rotatable bonds is 17. The maximum Gasteiger partial charge on any atom is 0.312 e. The fourth-order valence-corrected chi connectivity index (χ4v) is 4.09. The van der Waals surface area contributed by atoms with E-state index >= 15 is 0 Å². The molecule has 7 amide bonds. The lowest BCUT2D eigenvalue weighted by Crippen LogP contribution is -2.55. The van der Waals surface area contributed by atoms with Crippen molar-refractivity contribution in [3.05, 3.63) is 0 Å². The molecular formula is C23H39BN6O7S. The van der Waals surface area contributed by atoms with Gasteiger partial charge in [0.05, 0.1) is 11.8 Å². The molecule has 1 heterocycles. The highest BCUT2D eigenvalue weighted by atomic mass is 32.1. The van der Waals surface area contributed by atoms with Crippen molar-refractivity contribution in [1.82, 2.24) is 26.2 Å². The lowest BCUT2D eigenvalue weighted by molar-refractivity contribution is -0.138. The van der Waals surface area contributed by atoms with Gasteiger partial charge in [0.2, 0.25) is 29.5 Å². The molecule has 0 spiro atoms. The molecule has 38 heavy (non-hydrogen) atoms. The van der Waals surface area contributed by atoms with Crippen LogP contribution in [0.4, 0.5) is 4.79 Å². The third-order valence-electron chi connectivity index (χ3n) is 5.88. The van der Waals surface area contributed by atoms with E-state index in [-0.39, 0.29) is 68.2 Å². The van der Waals surface area contributed by atoms with E-state index < -0.39 is 35.2 Å². The van der Waals surface area contributed by atoms with E-state index in [2.05, 4.69) is 33.9 Å². The zero-order valence-electron chi connectivity index (χ0n) is 22.2. The number of urea groups is 1. The number of nitrogens with zero attached hydrogens (tertiary/aromatic N) is 1. The highest BCUT2D eigenvalue weighted by Crippen LogP contribution is 2.18. The topological polar surface area (TPSA) is 197 Å². The number of thiol groups is 1. The summed E-state index contributed by atoms with van der Waals surface area (Å²) in [6.45, 7) is 3.80. The number of hydrogen-bond donors (Lipinski definition) is 6. The van der Waals surface area contributed by atoms with Gasteiger partial charge in [-0.2, -0.15) is 12.6 Å². The van der Waals surface area contributed by atoms with Crippen LogP contribution in [0.2, 0.25) is 0 Å². The summed E-state index contributed by atoms with van der Waals surface area (Å²) >= 11 is 4.09. The monoisotopic (exact) mass is 554 g/mol. The smallest absolute Gasteiger partial charge is 0.312 e. The number of hydrogen-bond acceptors (Lipinski definition) is 8. The van der Waals surface area contributed by atoms with Gasteiger partial charge in [0.1, 0.15) is 17.8 Å². The van der Waals surface area contributed by atoms with Crippen molar-refractivity contribution in [3.63, 3.8) is 0 Å². The second kappa shape index (κ2) is 16.7. The van der Waals surface area contributed by atoms with Gasteiger partial charge < -0.3 is 31.8 Å². The molecule has 0 aromatic heterocycles. The van der Waals surface area contributed by atoms with Crippen molar-refractivity contribution in [2.24, 2.45) is 11.7 Å². The first-order valence-electron chi connectivity index (χ1n) is 12.8. The number of amides is 7. The van der Waals surface area contributed by atoms with E-state index in [9.17, 15) is 33.6 Å². The van der Waals surface area contributed by atoms with Gasteiger partial charge in [0, 0.05) is 25.9 Å². The van der Waals surface area contributed by atoms with Gasteiger partial charge in [-0.15, -0.1) is 0 Å². The number of likely N-dealkylation sites (tertiary alicyclic amines) is 1. The molecular weight excluding hydrogens is 515 g/mol. The van der Waals surface area contributed by atoms with Crippen molar-refractivity contribution < 1.29 is 33.6 Å². The van der Waals surface area contributed by atoms with Gasteiger partial charge in [-0.3, -0.25) is 28.9 Å². The zero-order chi connectivity index (χ0) is 28.8. The van der Waals surface area contributed by atoms with Gasteiger partial charge in [-0.05, 0) is 31.6 Å². The Hall–Kier alpha value is -3.10. The third-order valence-corrected chi connectivity index (χ3v) is 6.29. The first-order chi connectivity index (χ1) is 17.8. The molecule has 0 bridgehead atoms. The van der Waals surface area contributed by atoms with Crippen LogP contribution in [0.25, 0.3) is 0 Å². The second-order valence-electron chi connectivity index (χ2n) is 9.62. The molecule has 3 atom stereocenters. The minimum atomic E-state index is -0.984. The minimum absolute atomic E-state index is 0.104. The van der Waals surface area contributed by atoms with E-state index in [4.69, 9.17) is 5.73 Å². The molecule has 0 aliphatic carbocycles. The number of imide groups is 1. The molecule has 1 rings (SSSR count). The summed E-state index contributed by atoms with van der Waals surface area (Å²) in [5.41, 5.74) is 4.78. The molecule has 0 aromatic rings. The van der Waals surface area contributed by atoms with Gasteiger partial charge in [-0.25, -0.2) is 4.79 Å². The van der Waals surface area contributed by atoms with Crippen LogP contribution in [0.3, 0.4) is 0 Å². The van der Waals surface area contributed by atoms with Crippen LogP contribution in [-0.2, 0) is 28.8 Å². The molecule has 1 aliphatic heterocycles. The van der Waals surface area contributed by atoms with Gasteiger partial charge in [0.25, 0.3) is 0 Å². The summed E-state index contributed by atoms with van der Waals surface area (Å²) in [5.74, 6) is -2.26. The predicted molar refractivity (Wildman–Crippen MR) is 145 cm³/mol. The maximum atomic E-state index is 13.0. The van der Waals surface area contributed by atoms with Crippen LogP contribution in [0.15, 0.2) is 0 Å². The molecule has 1 aliphatic rings. The Morgan fingerprint density at radius 1 is 1.03 bits per heavy atom. The molecule has 212 valence electrons. The van der Waals surface area contributed by atoms with Crippen molar-refractivity contribution in [2.75, 3.05) is 19.6 Å². The summed E-state index contributed by atoms with van der Waals surface area (Å²) < 4.78 is 0. The van der Waals surface area contributed by atoms with Crippen molar-refractivity contribution in [2.45, 2.75) is 76.1 Å². The van der Waals surface area contributed by atoms with E-state index in [1.54, 1.807) is 13.8 Å². The lowest BCUT2D eigenvalue weighted by atomic mass is 10.0. The molecule has 0 radical (unpaired) electrons. The van der Waals surface area contributed by atoms with Crippen molar-refractivity contribution >= 4 is 61.7 Å². The van der Waals surface area contributed by atoms with E-state index in [1.807, 2.05) is 0 Å². The van der Waals surface area contributed by atoms with Gasteiger partial charge >= 0.3 is 6.03 Å². The van der Waals surface area contributed by atoms with Crippen LogP contribution in [0, 0.1) is 5.92 Å². The third kappa shape index (κ3) is 12.0. The first kappa shape index (κ1) is 32.9. The van der Waals surface area contributed by atoms with Gasteiger partial charge in [-0.1, -0.05) is 20.3 Å². The molecule has 13 nitrogen and oxygen atoms in total. The summed E-state index contributed by atoms with van der Waals surface area (Å²) in [6.07, 6.45) is 2.43. The molecule has 2 unspecified atom stereocenters. The quantitative estimate of drug-likeness (QED) is 0.0515. The number of primary amides is 1. The molecule has 1 fully saturated rings. The van der Waals surface area contributed by atoms with Gasteiger partial charge in [0.15, 0.2) is 7.85 Å². The number of carbonyl (C=O) groups excluding carboxylic acids is 7. The predicted octanol–water partition coefficient (Wildman–Crippen LogP) is -2.05. The number of unbranched alkanes of at least 4 members (excludes halogenated alkanes) is 2. The summed E-state index contributed by atoms with van der Waals surface area (Å²) in [5, 5.41) is 9.63. The Morgan fingerprint density at radius 3 is 2.26 bits per heavy atom. The SMILES string of the molecule is BC(=O)CNC(=O)[C@H](CCCNC(N)=O)NC(=O)C(NC(=O)CCCCCN1C(=O)CC(S)C1=O)C(C)C. The fraction of sp³-hybridized carbons (Fsp3) is 0.696. The molecule has 0 aromatic carbocycles. The normalized spacial score (nSPS) is 16.6. The molecule has 1 saturated heterocycles. The number of nitrogens with one attached hydrogen (secondary N) is 4. The Bertz CT molecular complexity index is 903. The Morgan fingerprint density at radius 2 is 1.71 bits per heavy atom. The zero-order valence-corrected chi connectivity index (χ0v) is 23.1. The summed E-state index contributed by atoms with van der Waals surface area (Å²) in [6, 6.07) is -2.59. The fourth-order valence-electron chi connectivity index (χ4n) is 3.80. The second-order valence-corrected chi connectivity index (χ2v) is 10.2. The number of carbonyl (C=O) groups is 7. The van der Waals surface area contributed by atoms with E-state index in [0.717, 1.165) is 0 Å². The maximum absolute atomic E-state index is 13.0. The number of nitrogens with two attached hydrogens (primary N) is 1. The van der Waals surface area contributed by atoms with Crippen LogP contribution >= 0.6 is 12.6 Å².